The molecule has 0 bridgehead atoms. The molecule has 2 aromatic rings. The Morgan fingerprint density at radius 1 is 1.25 bits per heavy atom. The predicted molar refractivity (Wildman–Crippen MR) is 89.5 cm³/mol. The Hall–Kier alpha value is -2.63. The highest BCUT2D eigenvalue weighted by molar-refractivity contribution is 6.01. The first-order chi connectivity index (χ1) is 11.7. The number of nitrogens with one attached hydrogen (secondary N) is 1. The number of hydrogen-bond donors (Lipinski definition) is 1. The van der Waals surface area contributed by atoms with Crippen molar-refractivity contribution < 1.29 is 9.59 Å². The van der Waals surface area contributed by atoms with Crippen molar-refractivity contribution in [3.63, 3.8) is 0 Å². The number of fused-ring (bicyclic) bond motifs is 1. The number of para-hydroxylation sites is 1. The number of amides is 2. The van der Waals surface area contributed by atoms with Crippen molar-refractivity contribution in [3.8, 4) is 0 Å². The minimum absolute atomic E-state index is 0.0501. The molecule has 0 spiro atoms. The molecular formula is C18H20N4O2. The molecule has 124 valence electrons. The van der Waals surface area contributed by atoms with Crippen LogP contribution in [0, 0.1) is 0 Å². The molecule has 2 amide bonds. The number of anilines is 1. The van der Waals surface area contributed by atoms with Crippen molar-refractivity contribution in [2.75, 3.05) is 18.4 Å². The van der Waals surface area contributed by atoms with Crippen LogP contribution >= 0.6 is 0 Å². The van der Waals surface area contributed by atoms with Crippen LogP contribution < -0.4 is 5.32 Å². The van der Waals surface area contributed by atoms with Gasteiger partial charge in [-0.1, -0.05) is 18.2 Å². The van der Waals surface area contributed by atoms with Crippen molar-refractivity contribution >= 4 is 17.5 Å². The highest BCUT2D eigenvalue weighted by Gasteiger charge is 2.35. The Labute approximate surface area is 140 Å². The van der Waals surface area contributed by atoms with Gasteiger partial charge in [0.05, 0.1) is 12.0 Å². The SMILES string of the molecule is O=C1CC(C(=O)N2CCCC(n3cccn3)C2)c2ccccc2N1. The smallest absolute Gasteiger partial charge is 0.230 e. The lowest BCUT2D eigenvalue weighted by molar-refractivity contribution is -0.136. The summed E-state index contributed by atoms with van der Waals surface area (Å²) >= 11 is 0. The third kappa shape index (κ3) is 2.68. The lowest BCUT2D eigenvalue weighted by Crippen LogP contribution is -2.44. The van der Waals surface area contributed by atoms with Crippen LogP contribution in [-0.2, 0) is 9.59 Å². The van der Waals surface area contributed by atoms with Crippen LogP contribution in [0.1, 0.15) is 36.8 Å². The topological polar surface area (TPSA) is 67.2 Å². The van der Waals surface area contributed by atoms with Crippen LogP contribution in [0.4, 0.5) is 5.69 Å². The summed E-state index contributed by atoms with van der Waals surface area (Å²) in [4.78, 5) is 27.0. The summed E-state index contributed by atoms with van der Waals surface area (Å²) < 4.78 is 1.93. The maximum Gasteiger partial charge on any atom is 0.230 e. The molecule has 1 aromatic carbocycles. The summed E-state index contributed by atoms with van der Waals surface area (Å²) in [6.45, 7) is 1.40. The zero-order valence-corrected chi connectivity index (χ0v) is 13.4. The maximum absolute atomic E-state index is 13.1. The van der Waals surface area contributed by atoms with Gasteiger partial charge in [0.2, 0.25) is 11.8 Å². The fraction of sp³-hybridized carbons (Fsp3) is 0.389. The normalized spacial score (nSPS) is 23.5. The van der Waals surface area contributed by atoms with Gasteiger partial charge in [0.1, 0.15) is 0 Å². The van der Waals surface area contributed by atoms with Crippen LogP contribution in [0.3, 0.4) is 0 Å². The second-order valence-corrected chi connectivity index (χ2v) is 6.46. The molecule has 1 saturated heterocycles. The van der Waals surface area contributed by atoms with E-state index in [1.54, 1.807) is 6.20 Å². The summed E-state index contributed by atoms with van der Waals surface area (Å²) in [7, 11) is 0. The molecule has 1 N–H and O–H groups in total. The number of benzene rings is 1. The predicted octanol–water partition coefficient (Wildman–Crippen LogP) is 2.17. The van der Waals surface area contributed by atoms with Gasteiger partial charge in [0, 0.05) is 37.6 Å². The molecule has 6 nitrogen and oxygen atoms in total. The summed E-state index contributed by atoms with van der Waals surface area (Å²) in [5.41, 5.74) is 1.68. The standard InChI is InChI=1S/C18H20N4O2/c23-17-11-15(14-6-1-2-7-16(14)20-17)18(24)21-9-3-5-13(12-21)22-10-4-8-19-22/h1-2,4,6-8,10,13,15H,3,5,9,11-12H2,(H,20,23). The quantitative estimate of drug-likeness (QED) is 0.920. The molecule has 2 unspecified atom stereocenters. The van der Waals surface area contributed by atoms with E-state index in [1.807, 2.05) is 46.1 Å². The second-order valence-electron chi connectivity index (χ2n) is 6.46. The van der Waals surface area contributed by atoms with Gasteiger partial charge in [0.25, 0.3) is 0 Å². The molecule has 4 rings (SSSR count). The van der Waals surface area contributed by atoms with E-state index in [0.29, 0.717) is 6.54 Å². The molecular weight excluding hydrogens is 304 g/mol. The van der Waals surface area contributed by atoms with E-state index < -0.39 is 0 Å². The van der Waals surface area contributed by atoms with Crippen LogP contribution in [-0.4, -0.2) is 39.6 Å². The van der Waals surface area contributed by atoms with Crippen molar-refractivity contribution in [2.24, 2.45) is 0 Å². The molecule has 24 heavy (non-hydrogen) atoms. The fourth-order valence-electron chi connectivity index (χ4n) is 3.72. The van der Waals surface area contributed by atoms with E-state index in [-0.39, 0.29) is 30.2 Å². The van der Waals surface area contributed by atoms with E-state index in [9.17, 15) is 9.59 Å². The zero-order valence-electron chi connectivity index (χ0n) is 13.4. The number of rotatable bonds is 2. The molecule has 0 radical (unpaired) electrons. The first-order valence-electron chi connectivity index (χ1n) is 8.39. The van der Waals surface area contributed by atoms with Crippen molar-refractivity contribution in [3.05, 3.63) is 48.3 Å². The first-order valence-corrected chi connectivity index (χ1v) is 8.39. The number of carbonyl (C=O) groups is 2. The molecule has 2 aliphatic rings. The lowest BCUT2D eigenvalue weighted by atomic mass is 9.88. The molecule has 2 aliphatic heterocycles. The highest BCUT2D eigenvalue weighted by atomic mass is 16.2. The summed E-state index contributed by atoms with van der Waals surface area (Å²) in [6.07, 6.45) is 5.91. The van der Waals surface area contributed by atoms with Crippen LogP contribution in [0.25, 0.3) is 0 Å². The Bertz CT molecular complexity index is 756. The van der Waals surface area contributed by atoms with Gasteiger partial charge < -0.3 is 10.2 Å². The summed E-state index contributed by atoms with van der Waals surface area (Å²) in [6, 6.07) is 9.70. The molecule has 3 heterocycles. The number of likely N-dealkylation sites (tertiary alicyclic amines) is 1. The van der Waals surface area contributed by atoms with E-state index in [4.69, 9.17) is 0 Å². The third-order valence-electron chi connectivity index (χ3n) is 4.91. The Kier molecular flexibility index (Phi) is 3.80. The number of piperidine rings is 1. The van der Waals surface area contributed by atoms with E-state index >= 15 is 0 Å². The van der Waals surface area contributed by atoms with Crippen LogP contribution in [0.15, 0.2) is 42.7 Å². The Balaban J connectivity index is 1.56. The lowest BCUT2D eigenvalue weighted by Gasteiger charge is -2.36. The number of hydrogen-bond acceptors (Lipinski definition) is 3. The maximum atomic E-state index is 13.1. The first kappa shape index (κ1) is 14.9. The number of aromatic nitrogens is 2. The van der Waals surface area contributed by atoms with E-state index in [2.05, 4.69) is 10.4 Å². The van der Waals surface area contributed by atoms with Gasteiger partial charge in [-0.05, 0) is 30.5 Å². The molecule has 0 saturated carbocycles. The van der Waals surface area contributed by atoms with Crippen molar-refractivity contribution in [2.45, 2.75) is 31.2 Å². The molecule has 1 fully saturated rings. The van der Waals surface area contributed by atoms with Crippen LogP contribution in [0.5, 0.6) is 0 Å². The van der Waals surface area contributed by atoms with Gasteiger partial charge >= 0.3 is 0 Å². The van der Waals surface area contributed by atoms with Crippen molar-refractivity contribution in [1.29, 1.82) is 0 Å². The zero-order chi connectivity index (χ0) is 16.5. The van der Waals surface area contributed by atoms with Gasteiger partial charge in [-0.25, -0.2) is 0 Å². The summed E-state index contributed by atoms with van der Waals surface area (Å²) in [5.74, 6) is -0.423. The largest absolute Gasteiger partial charge is 0.340 e. The Morgan fingerprint density at radius 2 is 2.12 bits per heavy atom. The number of nitrogens with zero attached hydrogens (tertiary/aromatic N) is 3. The van der Waals surface area contributed by atoms with Crippen molar-refractivity contribution in [1.82, 2.24) is 14.7 Å². The highest BCUT2D eigenvalue weighted by Crippen LogP contribution is 2.34. The van der Waals surface area contributed by atoms with Gasteiger partial charge in [0.15, 0.2) is 0 Å². The second kappa shape index (κ2) is 6.11. The van der Waals surface area contributed by atoms with Gasteiger partial charge in [-0.3, -0.25) is 14.3 Å². The Morgan fingerprint density at radius 3 is 2.96 bits per heavy atom. The average molecular weight is 324 g/mol. The summed E-state index contributed by atoms with van der Waals surface area (Å²) in [5, 5.41) is 7.16. The minimum atomic E-state index is -0.383. The molecule has 1 aromatic heterocycles. The van der Waals surface area contributed by atoms with E-state index in [0.717, 1.165) is 30.6 Å². The number of carbonyl (C=O) groups excluding carboxylic acids is 2. The molecule has 0 aliphatic carbocycles. The molecule has 2 atom stereocenters. The molecule has 6 heteroatoms. The van der Waals surface area contributed by atoms with Gasteiger partial charge in [-0.2, -0.15) is 5.10 Å². The van der Waals surface area contributed by atoms with Gasteiger partial charge in [-0.15, -0.1) is 0 Å². The van der Waals surface area contributed by atoms with Crippen LogP contribution in [0.2, 0.25) is 0 Å². The monoisotopic (exact) mass is 324 g/mol. The third-order valence-corrected chi connectivity index (χ3v) is 4.91. The van der Waals surface area contributed by atoms with E-state index in [1.165, 1.54) is 0 Å². The average Bonchev–Trinajstić information content (AvgIpc) is 3.15. The fourth-order valence-corrected chi connectivity index (χ4v) is 3.72. The minimum Gasteiger partial charge on any atom is -0.340 e.